The number of benzene rings is 4. The van der Waals surface area contributed by atoms with E-state index >= 15 is 0 Å². The molecule has 52 heavy (non-hydrogen) atoms. The van der Waals surface area contributed by atoms with Crippen LogP contribution < -0.4 is 18.9 Å². The first kappa shape index (κ1) is 31.5. The van der Waals surface area contributed by atoms with Gasteiger partial charge in [-0.1, -0.05) is 48.5 Å². The summed E-state index contributed by atoms with van der Waals surface area (Å²) < 4.78 is 22.5. The molecular formula is C44H32N4O4. The molecule has 0 N–H and O–H groups in total. The van der Waals surface area contributed by atoms with E-state index in [1.807, 2.05) is 48.5 Å². The highest BCUT2D eigenvalue weighted by molar-refractivity contribution is 5.88. The second kappa shape index (κ2) is 10.5. The molecule has 8 atom stereocenters. The lowest BCUT2D eigenvalue weighted by atomic mass is 9.11. The van der Waals surface area contributed by atoms with Gasteiger partial charge in [-0.2, -0.15) is 21.0 Å². The molecule has 8 heteroatoms. The Bertz CT molecular complexity index is 2220. The van der Waals surface area contributed by atoms with Gasteiger partial charge in [0.2, 0.25) is 0 Å². The molecule has 0 aliphatic heterocycles. The Labute approximate surface area is 302 Å². The van der Waals surface area contributed by atoms with Crippen molar-refractivity contribution in [1.82, 2.24) is 0 Å². The van der Waals surface area contributed by atoms with E-state index in [2.05, 4.69) is 72.8 Å². The second-order valence-electron chi connectivity index (χ2n) is 14.2. The molecule has 6 aliphatic rings. The van der Waals surface area contributed by atoms with Gasteiger partial charge in [-0.25, -0.2) is 0 Å². The molecular weight excluding hydrogens is 649 g/mol. The predicted molar refractivity (Wildman–Crippen MR) is 189 cm³/mol. The first-order valence-electron chi connectivity index (χ1n) is 17.1. The molecule has 0 heterocycles. The topological polar surface area (TPSA) is 132 Å². The highest BCUT2D eigenvalue weighted by Crippen LogP contribution is 3.08. The summed E-state index contributed by atoms with van der Waals surface area (Å²) in [7, 11) is 6.55. The normalized spacial score (nSPS) is 31.6. The highest BCUT2D eigenvalue weighted by Gasteiger charge is 3.11. The Morgan fingerprint density at radius 2 is 0.673 bits per heavy atom. The van der Waals surface area contributed by atoms with E-state index < -0.39 is 21.7 Å². The molecule has 0 aromatic heterocycles. The molecule has 6 saturated carbocycles. The quantitative estimate of drug-likeness (QED) is 0.182. The molecule has 6 fully saturated rings. The van der Waals surface area contributed by atoms with Crippen LogP contribution >= 0.6 is 0 Å². The van der Waals surface area contributed by atoms with Crippen LogP contribution in [0.2, 0.25) is 0 Å². The number of nitrogens with zero attached hydrogens (tertiary/aromatic N) is 4. The Morgan fingerprint density at radius 3 is 0.904 bits per heavy atom. The summed E-state index contributed by atoms with van der Waals surface area (Å²) in [5.74, 6) is 1.47. The average molecular weight is 681 g/mol. The van der Waals surface area contributed by atoms with Crippen molar-refractivity contribution in [1.29, 1.82) is 21.0 Å². The summed E-state index contributed by atoms with van der Waals surface area (Å²) in [6.45, 7) is 0. The second-order valence-corrected chi connectivity index (χ2v) is 14.2. The maximum absolute atomic E-state index is 10.7. The smallest absolute Gasteiger partial charge is 0.129 e. The molecule has 0 saturated heterocycles. The van der Waals surface area contributed by atoms with Gasteiger partial charge >= 0.3 is 0 Å². The van der Waals surface area contributed by atoms with Crippen molar-refractivity contribution >= 4 is 0 Å². The van der Waals surface area contributed by atoms with Gasteiger partial charge < -0.3 is 18.9 Å². The first-order valence-corrected chi connectivity index (χ1v) is 17.1. The van der Waals surface area contributed by atoms with Crippen LogP contribution in [0.4, 0.5) is 0 Å². The standard InChI is InChI=1S/C44H32N4O4/c1-49-31-13-5-27(6-14-31)41-37-35(25(21-45)22-46)40-42(28-7-15-32(50-2)16-8-28)38(37)36(26(23-47)24-48)39(41)44(42,30-11-19-34(52-4)20-12-30)43(40,41)29-9-17-33(51-3)18-10-29/h5-20,37-40H,1-4H3. The number of methoxy groups -OCH3 is 4. The summed E-state index contributed by atoms with van der Waals surface area (Å²) in [6, 6.07) is 41.8. The minimum atomic E-state index is -0.722. The van der Waals surface area contributed by atoms with Gasteiger partial charge in [0, 0.05) is 45.3 Å². The van der Waals surface area contributed by atoms with E-state index in [4.69, 9.17) is 18.9 Å². The zero-order chi connectivity index (χ0) is 36.2. The van der Waals surface area contributed by atoms with Crippen molar-refractivity contribution in [3.8, 4) is 47.3 Å². The lowest BCUT2D eigenvalue weighted by Gasteiger charge is -2.89. The summed E-state index contributed by atoms with van der Waals surface area (Å²) >= 11 is 0. The van der Waals surface area contributed by atoms with Crippen LogP contribution in [-0.4, -0.2) is 28.4 Å². The Hall–Kier alpha value is -6.48. The van der Waals surface area contributed by atoms with Crippen LogP contribution in [0.1, 0.15) is 22.3 Å². The number of allylic oxidation sites excluding steroid dienone is 4. The lowest BCUT2D eigenvalue weighted by molar-refractivity contribution is -0.272. The highest BCUT2D eigenvalue weighted by atomic mass is 16.5. The Kier molecular flexibility index (Phi) is 6.37. The summed E-state index contributed by atoms with van der Waals surface area (Å²) in [6.07, 6.45) is 0. The fourth-order valence-electron chi connectivity index (χ4n) is 12.9. The molecule has 4 bridgehead atoms. The third-order valence-corrected chi connectivity index (χ3v) is 13.6. The zero-order valence-electron chi connectivity index (χ0n) is 29.0. The third kappa shape index (κ3) is 2.91. The van der Waals surface area contributed by atoms with Crippen LogP contribution in [0.5, 0.6) is 23.0 Å². The predicted octanol–water partition coefficient (Wildman–Crippen LogP) is 6.99. The van der Waals surface area contributed by atoms with Gasteiger partial charge in [-0.3, -0.25) is 0 Å². The first-order chi connectivity index (χ1) is 25.4. The number of rotatable bonds is 8. The Morgan fingerprint density at radius 1 is 0.423 bits per heavy atom. The van der Waals surface area contributed by atoms with Crippen LogP contribution in [0.15, 0.2) is 119 Å². The minimum absolute atomic E-state index is 0.101. The number of hydrogen-bond acceptors (Lipinski definition) is 8. The van der Waals surface area contributed by atoms with Gasteiger partial charge in [0.15, 0.2) is 0 Å². The van der Waals surface area contributed by atoms with Crippen molar-refractivity contribution < 1.29 is 18.9 Å². The molecule has 10 rings (SSSR count). The van der Waals surface area contributed by atoms with Crippen molar-refractivity contribution in [2.45, 2.75) is 21.7 Å². The van der Waals surface area contributed by atoms with E-state index in [1.165, 1.54) is 0 Å². The zero-order valence-corrected chi connectivity index (χ0v) is 29.0. The third-order valence-electron chi connectivity index (χ3n) is 13.6. The summed E-state index contributed by atoms with van der Waals surface area (Å²) in [4.78, 5) is 0. The number of hydrogen-bond donors (Lipinski definition) is 0. The molecule has 0 spiro atoms. The lowest BCUT2D eigenvalue weighted by Crippen LogP contribution is -2.95. The average Bonchev–Trinajstić information content (AvgIpc) is 3.72. The molecule has 252 valence electrons. The van der Waals surface area contributed by atoms with E-state index in [0.717, 1.165) is 33.4 Å². The molecule has 4 aromatic rings. The van der Waals surface area contributed by atoms with Gasteiger partial charge in [0.1, 0.15) is 58.4 Å². The van der Waals surface area contributed by atoms with Crippen molar-refractivity contribution in [2.75, 3.05) is 28.4 Å². The fourth-order valence-corrected chi connectivity index (χ4v) is 12.9. The SMILES string of the molecule is COc1ccc(C23C4C(=C(C#N)C#N)C5C6(c7ccc(OC)cc7)C4C(=C(C#N)C#N)C2C6(c2ccc(OC)cc2)C53c2ccc(OC)cc2)cc1. The monoisotopic (exact) mass is 680 g/mol. The van der Waals surface area contributed by atoms with Crippen LogP contribution in [0, 0.1) is 69.0 Å². The molecule has 8 nitrogen and oxygen atoms in total. The van der Waals surface area contributed by atoms with E-state index in [0.29, 0.717) is 23.0 Å². The van der Waals surface area contributed by atoms with Crippen molar-refractivity contribution in [3.05, 3.63) is 142 Å². The molecule has 4 aromatic carbocycles. The fraction of sp³-hybridized carbons (Fsp3) is 0.273. The molecule has 0 radical (unpaired) electrons. The van der Waals surface area contributed by atoms with Gasteiger partial charge in [-0.05, 0) is 81.9 Å². The summed E-state index contributed by atoms with van der Waals surface area (Å²) in [5.41, 5.74) is 3.11. The van der Waals surface area contributed by atoms with Crippen molar-refractivity contribution in [2.24, 2.45) is 23.7 Å². The summed E-state index contributed by atoms with van der Waals surface area (Å²) in [5, 5.41) is 42.9. The van der Waals surface area contributed by atoms with Crippen molar-refractivity contribution in [3.63, 3.8) is 0 Å². The Balaban J connectivity index is 1.52. The van der Waals surface area contributed by atoms with E-state index in [-0.39, 0.29) is 34.8 Å². The largest absolute Gasteiger partial charge is 0.497 e. The van der Waals surface area contributed by atoms with Crippen LogP contribution in [0.3, 0.4) is 0 Å². The molecule has 8 unspecified atom stereocenters. The molecule has 6 aliphatic carbocycles. The van der Waals surface area contributed by atoms with Gasteiger partial charge in [0.05, 0.1) is 28.4 Å². The number of ether oxygens (including phenoxy) is 4. The van der Waals surface area contributed by atoms with E-state index in [1.54, 1.807) is 28.4 Å². The van der Waals surface area contributed by atoms with Gasteiger partial charge in [0.25, 0.3) is 0 Å². The minimum Gasteiger partial charge on any atom is -0.497 e. The maximum Gasteiger partial charge on any atom is 0.129 e. The van der Waals surface area contributed by atoms with E-state index in [9.17, 15) is 21.0 Å². The van der Waals surface area contributed by atoms with Crippen LogP contribution in [-0.2, 0) is 21.7 Å². The number of nitriles is 4. The van der Waals surface area contributed by atoms with Crippen LogP contribution in [0.25, 0.3) is 0 Å². The van der Waals surface area contributed by atoms with Gasteiger partial charge in [-0.15, -0.1) is 0 Å². The molecule has 0 amide bonds. The maximum atomic E-state index is 10.7.